The first-order valence-electron chi connectivity index (χ1n) is 9.97. The van der Waals surface area contributed by atoms with Gasteiger partial charge in [0.1, 0.15) is 12.4 Å². The van der Waals surface area contributed by atoms with Gasteiger partial charge in [-0.1, -0.05) is 18.2 Å². The molecule has 4 aliphatic heterocycles. The Balaban J connectivity index is 1.58. The van der Waals surface area contributed by atoms with Crippen LogP contribution >= 0.6 is 0 Å². The Hall–Kier alpha value is -1.63. The second kappa shape index (κ2) is 8.17. The fraction of sp³-hybridized carbons (Fsp3) is 0.667. The Bertz CT molecular complexity index is 659. The molecule has 0 aromatic heterocycles. The highest BCUT2D eigenvalue weighted by Gasteiger charge is 2.54. The van der Waals surface area contributed by atoms with Crippen LogP contribution in [-0.4, -0.2) is 81.5 Å². The van der Waals surface area contributed by atoms with E-state index in [4.69, 9.17) is 14.2 Å². The van der Waals surface area contributed by atoms with Crippen LogP contribution in [0.1, 0.15) is 24.3 Å². The SMILES string of the molecule is COCCOCC(=O)N1C[C@H](c2ccccc2OC)[C@@H]2[C@H]1C1CCN2CC1. The van der Waals surface area contributed by atoms with Crippen LogP contribution in [0, 0.1) is 5.92 Å². The highest BCUT2D eigenvalue weighted by atomic mass is 16.5. The van der Waals surface area contributed by atoms with E-state index in [1.54, 1.807) is 14.2 Å². The lowest BCUT2D eigenvalue weighted by Gasteiger charge is -2.51. The number of likely N-dealkylation sites (tertiary alicyclic amines) is 1. The number of piperidine rings is 3. The lowest BCUT2D eigenvalue weighted by atomic mass is 9.75. The van der Waals surface area contributed by atoms with E-state index in [2.05, 4.69) is 21.9 Å². The van der Waals surface area contributed by atoms with Crippen LogP contribution in [0.2, 0.25) is 0 Å². The lowest BCUT2D eigenvalue weighted by Crippen LogP contribution is -2.61. The molecule has 6 nitrogen and oxygen atoms in total. The van der Waals surface area contributed by atoms with Crippen molar-refractivity contribution >= 4 is 5.91 Å². The molecule has 4 heterocycles. The average molecular weight is 374 g/mol. The van der Waals surface area contributed by atoms with Crippen LogP contribution in [0.3, 0.4) is 0 Å². The number of nitrogens with zero attached hydrogens (tertiary/aromatic N) is 2. The number of rotatable bonds is 7. The van der Waals surface area contributed by atoms with Crippen LogP contribution in [-0.2, 0) is 14.3 Å². The second-order valence-electron chi connectivity index (χ2n) is 7.79. The van der Waals surface area contributed by atoms with E-state index in [1.165, 1.54) is 18.4 Å². The smallest absolute Gasteiger partial charge is 0.248 e. The Morgan fingerprint density at radius 3 is 2.63 bits per heavy atom. The molecule has 4 fully saturated rings. The molecule has 1 aromatic rings. The number of hydrogen-bond donors (Lipinski definition) is 0. The number of para-hydroxylation sites is 1. The summed E-state index contributed by atoms with van der Waals surface area (Å²) in [6.45, 7) is 4.13. The molecule has 0 N–H and O–H groups in total. The number of benzene rings is 1. The molecular weight excluding hydrogens is 344 g/mol. The third-order valence-electron chi connectivity index (χ3n) is 6.51. The average Bonchev–Trinajstić information content (AvgIpc) is 3.15. The summed E-state index contributed by atoms with van der Waals surface area (Å²) in [6, 6.07) is 8.94. The molecule has 5 rings (SSSR count). The van der Waals surface area contributed by atoms with Gasteiger partial charge in [0.15, 0.2) is 0 Å². The number of carbonyl (C=O) groups is 1. The van der Waals surface area contributed by atoms with E-state index in [0.29, 0.717) is 31.2 Å². The monoisotopic (exact) mass is 374 g/mol. The van der Waals surface area contributed by atoms with E-state index in [1.807, 2.05) is 12.1 Å². The minimum absolute atomic E-state index is 0.104. The quantitative estimate of drug-likeness (QED) is 0.681. The third kappa shape index (κ3) is 3.46. The van der Waals surface area contributed by atoms with Gasteiger partial charge in [0, 0.05) is 31.2 Å². The van der Waals surface area contributed by atoms with Crippen LogP contribution in [0.4, 0.5) is 0 Å². The van der Waals surface area contributed by atoms with Crippen molar-refractivity contribution in [1.29, 1.82) is 0 Å². The van der Waals surface area contributed by atoms with Gasteiger partial charge in [0.05, 0.1) is 26.4 Å². The Kier molecular flexibility index (Phi) is 5.66. The van der Waals surface area contributed by atoms with Crippen molar-refractivity contribution < 1.29 is 19.0 Å². The summed E-state index contributed by atoms with van der Waals surface area (Å²) in [5, 5.41) is 0. The molecule has 6 heteroatoms. The topological polar surface area (TPSA) is 51.2 Å². The summed E-state index contributed by atoms with van der Waals surface area (Å²) < 4.78 is 16.2. The number of ether oxygens (including phenoxy) is 3. The summed E-state index contributed by atoms with van der Waals surface area (Å²) in [5.41, 5.74) is 1.22. The van der Waals surface area contributed by atoms with Gasteiger partial charge in [0.25, 0.3) is 0 Å². The second-order valence-corrected chi connectivity index (χ2v) is 7.79. The molecular formula is C21H30N2O4. The van der Waals surface area contributed by atoms with Crippen molar-refractivity contribution in [3.05, 3.63) is 29.8 Å². The van der Waals surface area contributed by atoms with Gasteiger partial charge in [-0.15, -0.1) is 0 Å². The molecule has 2 bridgehead atoms. The predicted octanol–water partition coefficient (Wildman–Crippen LogP) is 1.75. The van der Waals surface area contributed by atoms with E-state index in [-0.39, 0.29) is 18.4 Å². The standard InChI is InChI=1S/C21H30N2O4/c1-25-11-12-27-14-19(24)23-13-17(16-5-3-4-6-18(16)26-2)21-20(23)15-7-9-22(21)10-8-15/h3-6,15,17,20-21H,7-14H2,1-2H3/t17-,20-,21-/m1/s1. The maximum atomic E-state index is 13.0. The van der Waals surface area contributed by atoms with Gasteiger partial charge >= 0.3 is 0 Å². The largest absolute Gasteiger partial charge is 0.496 e. The van der Waals surface area contributed by atoms with E-state index < -0.39 is 0 Å². The van der Waals surface area contributed by atoms with E-state index in [0.717, 1.165) is 25.4 Å². The van der Waals surface area contributed by atoms with Crippen molar-refractivity contribution in [3.8, 4) is 5.75 Å². The molecule has 3 atom stereocenters. The van der Waals surface area contributed by atoms with Gasteiger partial charge in [-0.25, -0.2) is 0 Å². The Labute approximate surface area is 161 Å². The van der Waals surface area contributed by atoms with Crippen LogP contribution in [0.5, 0.6) is 5.75 Å². The molecule has 0 unspecified atom stereocenters. The zero-order chi connectivity index (χ0) is 18.8. The third-order valence-corrected chi connectivity index (χ3v) is 6.51. The van der Waals surface area contributed by atoms with Gasteiger partial charge in [-0.2, -0.15) is 0 Å². The molecule has 0 spiro atoms. The maximum Gasteiger partial charge on any atom is 0.248 e. The normalized spacial score (nSPS) is 31.8. The first kappa shape index (κ1) is 18.7. The summed E-state index contributed by atoms with van der Waals surface area (Å²) in [4.78, 5) is 17.7. The van der Waals surface area contributed by atoms with Crippen molar-refractivity contribution in [2.75, 3.05) is 53.7 Å². The fourth-order valence-electron chi connectivity index (χ4n) is 5.33. The predicted molar refractivity (Wildman–Crippen MR) is 102 cm³/mol. The van der Waals surface area contributed by atoms with Crippen molar-refractivity contribution in [2.24, 2.45) is 5.92 Å². The number of amides is 1. The molecule has 4 saturated heterocycles. The first-order chi connectivity index (χ1) is 13.2. The van der Waals surface area contributed by atoms with Crippen molar-refractivity contribution in [2.45, 2.75) is 30.8 Å². The zero-order valence-corrected chi connectivity index (χ0v) is 16.3. The van der Waals surface area contributed by atoms with E-state index >= 15 is 0 Å². The summed E-state index contributed by atoms with van der Waals surface area (Å²) in [7, 11) is 3.37. The lowest BCUT2D eigenvalue weighted by molar-refractivity contribution is -0.141. The van der Waals surface area contributed by atoms with Gasteiger partial charge in [-0.05, 0) is 37.9 Å². The van der Waals surface area contributed by atoms with Crippen LogP contribution in [0.25, 0.3) is 0 Å². The molecule has 0 saturated carbocycles. The molecule has 148 valence electrons. The highest BCUT2D eigenvalue weighted by molar-refractivity contribution is 5.78. The van der Waals surface area contributed by atoms with Crippen LogP contribution < -0.4 is 4.74 Å². The molecule has 1 amide bonds. The van der Waals surface area contributed by atoms with Crippen LogP contribution in [0.15, 0.2) is 24.3 Å². The van der Waals surface area contributed by atoms with E-state index in [9.17, 15) is 4.79 Å². The van der Waals surface area contributed by atoms with Crippen molar-refractivity contribution in [3.63, 3.8) is 0 Å². The molecule has 0 radical (unpaired) electrons. The molecule has 27 heavy (non-hydrogen) atoms. The number of fused-ring (bicyclic) bond motifs is 2. The Morgan fingerprint density at radius 2 is 1.89 bits per heavy atom. The fourth-order valence-corrected chi connectivity index (χ4v) is 5.33. The van der Waals surface area contributed by atoms with Gasteiger partial charge in [-0.3, -0.25) is 9.69 Å². The van der Waals surface area contributed by atoms with Crippen molar-refractivity contribution in [1.82, 2.24) is 9.80 Å². The zero-order valence-electron chi connectivity index (χ0n) is 16.3. The number of hydrogen-bond acceptors (Lipinski definition) is 5. The van der Waals surface area contributed by atoms with Gasteiger partial charge in [0.2, 0.25) is 5.91 Å². The Morgan fingerprint density at radius 1 is 1.11 bits per heavy atom. The highest BCUT2D eigenvalue weighted by Crippen LogP contribution is 2.48. The first-order valence-corrected chi connectivity index (χ1v) is 9.97. The molecule has 1 aromatic carbocycles. The summed E-state index contributed by atoms with van der Waals surface area (Å²) >= 11 is 0. The number of carbonyl (C=O) groups excluding carboxylic acids is 1. The maximum absolute atomic E-state index is 13.0. The minimum atomic E-state index is 0.104. The summed E-state index contributed by atoms with van der Waals surface area (Å²) in [5.74, 6) is 1.92. The minimum Gasteiger partial charge on any atom is -0.496 e. The summed E-state index contributed by atoms with van der Waals surface area (Å²) in [6.07, 6.45) is 2.38. The van der Waals surface area contributed by atoms with Gasteiger partial charge < -0.3 is 19.1 Å². The molecule has 0 aliphatic carbocycles. The molecule has 4 aliphatic rings. The number of methoxy groups -OCH3 is 2.